The van der Waals surface area contributed by atoms with Crippen molar-refractivity contribution in [1.82, 2.24) is 15.4 Å². The largest absolute Gasteiger partial charge is 0.496 e. The first kappa shape index (κ1) is 23.6. The number of methoxy groups -OCH3 is 1. The summed E-state index contributed by atoms with van der Waals surface area (Å²) >= 11 is 0. The van der Waals surface area contributed by atoms with E-state index in [1.807, 2.05) is 30.3 Å². The van der Waals surface area contributed by atoms with Gasteiger partial charge in [-0.15, -0.1) is 0 Å². The Morgan fingerprint density at radius 3 is 2.31 bits per heavy atom. The molecule has 2 aromatic carbocycles. The lowest BCUT2D eigenvalue weighted by Gasteiger charge is -2.41. The third-order valence-electron chi connectivity index (χ3n) is 5.84. The number of benzene rings is 2. The molecule has 3 rings (SSSR count). The van der Waals surface area contributed by atoms with Gasteiger partial charge in [0.2, 0.25) is 0 Å². The lowest BCUT2D eigenvalue weighted by atomic mass is 9.68. The van der Waals surface area contributed by atoms with E-state index in [4.69, 9.17) is 9.88 Å². The molecule has 1 fully saturated rings. The van der Waals surface area contributed by atoms with Gasteiger partial charge >= 0.3 is 6.03 Å². The second-order valence-corrected chi connectivity index (χ2v) is 9.22. The SMILES string of the molecule is COc1ccccc1C(=O)NCC1(c2ccccc2)CCC(NC(=O)NS(N)(=O)=O)CC1. The van der Waals surface area contributed by atoms with E-state index in [2.05, 4.69) is 10.6 Å². The summed E-state index contributed by atoms with van der Waals surface area (Å²) in [6, 6.07) is 16.0. The molecule has 1 aliphatic carbocycles. The second kappa shape index (κ2) is 10.0. The molecule has 1 saturated carbocycles. The van der Waals surface area contributed by atoms with E-state index in [-0.39, 0.29) is 17.4 Å². The normalized spacial score (nSPS) is 20.8. The van der Waals surface area contributed by atoms with Crippen LogP contribution in [0.4, 0.5) is 4.79 Å². The molecule has 0 unspecified atom stereocenters. The Morgan fingerprint density at radius 2 is 1.69 bits per heavy atom. The first-order valence-electron chi connectivity index (χ1n) is 10.3. The number of amides is 3. The number of para-hydroxylation sites is 1. The molecule has 32 heavy (non-hydrogen) atoms. The van der Waals surface area contributed by atoms with Crippen LogP contribution in [0, 0.1) is 0 Å². The molecular formula is C22H28N4O5S. The van der Waals surface area contributed by atoms with Gasteiger partial charge in [-0.25, -0.2) is 14.7 Å². The number of nitrogens with two attached hydrogens (primary N) is 1. The highest BCUT2D eigenvalue weighted by Gasteiger charge is 2.38. The molecule has 0 heterocycles. The fourth-order valence-electron chi connectivity index (χ4n) is 4.19. The first-order chi connectivity index (χ1) is 15.2. The Morgan fingerprint density at radius 1 is 1.06 bits per heavy atom. The van der Waals surface area contributed by atoms with Crippen LogP contribution in [0.3, 0.4) is 0 Å². The van der Waals surface area contributed by atoms with Gasteiger partial charge in [-0.05, 0) is 43.4 Å². The third-order valence-corrected chi connectivity index (χ3v) is 6.31. The van der Waals surface area contributed by atoms with Gasteiger partial charge in [-0.1, -0.05) is 42.5 Å². The number of rotatable bonds is 7. The van der Waals surface area contributed by atoms with Gasteiger partial charge in [0.25, 0.3) is 16.1 Å². The standard InChI is InChI=1S/C22H28N4O5S/c1-31-19-10-6-5-9-18(19)20(27)24-15-22(16-7-3-2-4-8-16)13-11-17(12-14-22)25-21(28)26-32(23,29)30/h2-10,17H,11-15H2,1H3,(H,24,27)(H2,23,29,30)(H2,25,26,28). The van der Waals surface area contributed by atoms with Crippen molar-refractivity contribution in [3.63, 3.8) is 0 Å². The molecular weight excluding hydrogens is 432 g/mol. The smallest absolute Gasteiger partial charge is 0.329 e. The molecule has 0 atom stereocenters. The zero-order chi connectivity index (χ0) is 23.2. The summed E-state index contributed by atoms with van der Waals surface area (Å²) in [4.78, 5) is 24.7. The van der Waals surface area contributed by atoms with Gasteiger partial charge in [0.05, 0.1) is 12.7 Å². The number of nitrogens with one attached hydrogen (secondary N) is 3. The van der Waals surface area contributed by atoms with Gasteiger partial charge in [0.15, 0.2) is 0 Å². The Hall–Kier alpha value is -3.11. The van der Waals surface area contributed by atoms with Crippen LogP contribution in [0.5, 0.6) is 5.75 Å². The minimum atomic E-state index is -4.11. The van der Waals surface area contributed by atoms with Crippen LogP contribution in [-0.4, -0.2) is 40.1 Å². The lowest BCUT2D eigenvalue weighted by Crippen LogP contribution is -2.50. The summed E-state index contributed by atoms with van der Waals surface area (Å²) in [5, 5.41) is 10.6. The van der Waals surface area contributed by atoms with Crippen molar-refractivity contribution in [1.29, 1.82) is 0 Å². The summed E-state index contributed by atoms with van der Waals surface area (Å²) in [5.74, 6) is 0.290. The Bertz CT molecular complexity index is 1050. The number of hydrogen-bond acceptors (Lipinski definition) is 5. The average molecular weight is 461 g/mol. The highest BCUT2D eigenvalue weighted by molar-refractivity contribution is 7.87. The number of ether oxygens (including phenoxy) is 1. The van der Waals surface area contributed by atoms with Crippen molar-refractivity contribution >= 4 is 22.1 Å². The van der Waals surface area contributed by atoms with Gasteiger partial charge in [-0.3, -0.25) is 4.79 Å². The number of urea groups is 1. The summed E-state index contributed by atoms with van der Waals surface area (Å²) in [6.07, 6.45) is 2.64. The average Bonchev–Trinajstić information content (AvgIpc) is 2.78. The number of carbonyl (C=O) groups excluding carboxylic acids is 2. The first-order valence-corrected chi connectivity index (χ1v) is 11.8. The Kier molecular flexibility index (Phi) is 7.37. The minimum absolute atomic E-state index is 0.196. The number of carbonyl (C=O) groups is 2. The fourth-order valence-corrected chi connectivity index (χ4v) is 4.51. The van der Waals surface area contributed by atoms with Crippen molar-refractivity contribution in [2.45, 2.75) is 37.1 Å². The summed E-state index contributed by atoms with van der Waals surface area (Å²) in [6.45, 7) is 0.421. The van der Waals surface area contributed by atoms with Crippen LogP contribution in [0.15, 0.2) is 54.6 Å². The molecule has 10 heteroatoms. The van der Waals surface area contributed by atoms with E-state index in [0.29, 0.717) is 43.5 Å². The van der Waals surface area contributed by atoms with E-state index in [0.717, 1.165) is 5.56 Å². The monoisotopic (exact) mass is 460 g/mol. The molecule has 172 valence electrons. The van der Waals surface area contributed by atoms with E-state index >= 15 is 0 Å². The van der Waals surface area contributed by atoms with Crippen LogP contribution in [0.1, 0.15) is 41.6 Å². The molecule has 0 aliphatic heterocycles. The minimum Gasteiger partial charge on any atom is -0.496 e. The van der Waals surface area contributed by atoms with Gasteiger partial charge in [0, 0.05) is 18.0 Å². The van der Waals surface area contributed by atoms with Gasteiger partial charge in [0.1, 0.15) is 5.75 Å². The highest BCUT2D eigenvalue weighted by atomic mass is 32.2. The zero-order valence-corrected chi connectivity index (χ0v) is 18.7. The van der Waals surface area contributed by atoms with E-state index in [1.54, 1.807) is 29.0 Å². The van der Waals surface area contributed by atoms with Crippen LogP contribution in [0.2, 0.25) is 0 Å². The molecule has 3 amide bonds. The number of hydrogen-bond donors (Lipinski definition) is 4. The van der Waals surface area contributed by atoms with Crippen molar-refractivity contribution in [2.75, 3.05) is 13.7 Å². The van der Waals surface area contributed by atoms with Crippen molar-refractivity contribution < 1.29 is 22.7 Å². The summed E-state index contributed by atoms with van der Waals surface area (Å²) < 4.78 is 29.1. The molecule has 9 nitrogen and oxygen atoms in total. The van der Waals surface area contributed by atoms with Crippen molar-refractivity contribution in [2.24, 2.45) is 5.14 Å². The Balaban J connectivity index is 1.71. The summed E-state index contributed by atoms with van der Waals surface area (Å²) in [7, 11) is -2.58. The van der Waals surface area contributed by atoms with Gasteiger partial charge in [-0.2, -0.15) is 8.42 Å². The highest BCUT2D eigenvalue weighted by Crippen LogP contribution is 2.39. The molecule has 0 bridgehead atoms. The lowest BCUT2D eigenvalue weighted by molar-refractivity contribution is 0.0932. The van der Waals surface area contributed by atoms with Crippen LogP contribution in [0.25, 0.3) is 0 Å². The molecule has 1 aliphatic rings. The van der Waals surface area contributed by atoms with Crippen LogP contribution >= 0.6 is 0 Å². The fraction of sp³-hybridized carbons (Fsp3) is 0.364. The van der Waals surface area contributed by atoms with Gasteiger partial charge < -0.3 is 15.4 Å². The van der Waals surface area contributed by atoms with Crippen LogP contribution in [-0.2, 0) is 15.6 Å². The predicted octanol–water partition coefficient (Wildman–Crippen LogP) is 1.81. The maximum Gasteiger partial charge on any atom is 0.329 e. The molecule has 0 aromatic heterocycles. The molecule has 0 saturated heterocycles. The molecule has 0 spiro atoms. The van der Waals surface area contributed by atoms with E-state index in [1.165, 1.54) is 7.11 Å². The molecule has 5 N–H and O–H groups in total. The van der Waals surface area contributed by atoms with Crippen molar-refractivity contribution in [3.8, 4) is 5.75 Å². The Labute approximate surface area is 187 Å². The quantitative estimate of drug-likeness (QED) is 0.499. The maximum atomic E-state index is 12.9. The van der Waals surface area contributed by atoms with E-state index < -0.39 is 16.2 Å². The van der Waals surface area contributed by atoms with Crippen molar-refractivity contribution in [3.05, 3.63) is 65.7 Å². The third kappa shape index (κ3) is 5.98. The van der Waals surface area contributed by atoms with Crippen LogP contribution < -0.4 is 25.2 Å². The molecule has 0 radical (unpaired) electrons. The predicted molar refractivity (Wildman–Crippen MR) is 120 cm³/mol. The zero-order valence-electron chi connectivity index (χ0n) is 17.8. The summed E-state index contributed by atoms with van der Waals surface area (Å²) in [5.41, 5.74) is 1.26. The maximum absolute atomic E-state index is 12.9. The molecule has 2 aromatic rings. The second-order valence-electron chi connectivity index (χ2n) is 7.92. The topological polar surface area (TPSA) is 140 Å². The van der Waals surface area contributed by atoms with E-state index in [9.17, 15) is 18.0 Å².